The van der Waals surface area contributed by atoms with Crippen molar-refractivity contribution in [3.05, 3.63) is 24.0 Å². The number of hydrogen-bond donors (Lipinski definition) is 0. The molecule has 82 valence electrons. The largest absolute Gasteiger partial charge is 0.491 e. The van der Waals surface area contributed by atoms with Crippen LogP contribution in [0, 0.1) is 5.82 Å². The van der Waals surface area contributed by atoms with E-state index in [0.29, 0.717) is 11.5 Å². The molecule has 15 heavy (non-hydrogen) atoms. The highest BCUT2D eigenvalue weighted by molar-refractivity contribution is 5.33. The molecule has 2 rings (SSSR count). The van der Waals surface area contributed by atoms with Crippen LogP contribution in [0.2, 0.25) is 0 Å². The van der Waals surface area contributed by atoms with Crippen LogP contribution in [0.4, 0.5) is 4.39 Å². The molecule has 0 atom stereocenters. The standard InChI is InChI=1S/C12H15FO2/c1-8(2)14-10-5-6-12(11(13)7-10)15-9-3-4-9/h5-9H,3-4H2,1-2H3. The predicted molar refractivity (Wildman–Crippen MR) is 55.8 cm³/mol. The smallest absolute Gasteiger partial charge is 0.168 e. The molecule has 1 saturated carbocycles. The molecule has 0 spiro atoms. The lowest BCUT2D eigenvalue weighted by Crippen LogP contribution is -2.06. The van der Waals surface area contributed by atoms with Gasteiger partial charge in [-0.15, -0.1) is 0 Å². The van der Waals surface area contributed by atoms with E-state index in [4.69, 9.17) is 9.47 Å². The minimum atomic E-state index is -0.347. The Labute approximate surface area is 89.0 Å². The number of hydrogen-bond acceptors (Lipinski definition) is 2. The second kappa shape index (κ2) is 4.09. The van der Waals surface area contributed by atoms with Gasteiger partial charge < -0.3 is 9.47 Å². The molecule has 1 aliphatic carbocycles. The Balaban J connectivity index is 2.07. The van der Waals surface area contributed by atoms with Gasteiger partial charge in [0.05, 0.1) is 12.2 Å². The van der Waals surface area contributed by atoms with Crippen LogP contribution in [0.15, 0.2) is 18.2 Å². The van der Waals surface area contributed by atoms with E-state index in [2.05, 4.69) is 0 Å². The SMILES string of the molecule is CC(C)Oc1ccc(OC2CC2)c(F)c1. The molecule has 0 unspecified atom stereocenters. The molecule has 0 amide bonds. The fourth-order valence-corrected chi connectivity index (χ4v) is 1.29. The van der Waals surface area contributed by atoms with E-state index in [9.17, 15) is 4.39 Å². The van der Waals surface area contributed by atoms with Crippen LogP contribution in [0.5, 0.6) is 11.5 Å². The molecule has 0 radical (unpaired) electrons. The quantitative estimate of drug-likeness (QED) is 0.760. The molecule has 0 aromatic heterocycles. The Morgan fingerprint density at radius 1 is 1.33 bits per heavy atom. The maximum atomic E-state index is 13.5. The molecule has 0 N–H and O–H groups in total. The first kappa shape index (κ1) is 10.3. The van der Waals surface area contributed by atoms with Gasteiger partial charge in [-0.1, -0.05) is 0 Å². The number of benzene rings is 1. The maximum Gasteiger partial charge on any atom is 0.168 e. The Morgan fingerprint density at radius 3 is 2.60 bits per heavy atom. The van der Waals surface area contributed by atoms with Crippen molar-refractivity contribution in [2.24, 2.45) is 0 Å². The van der Waals surface area contributed by atoms with Crippen LogP contribution in [0.1, 0.15) is 26.7 Å². The topological polar surface area (TPSA) is 18.5 Å². The van der Waals surface area contributed by atoms with E-state index in [1.165, 1.54) is 6.07 Å². The monoisotopic (exact) mass is 210 g/mol. The van der Waals surface area contributed by atoms with Crippen LogP contribution in [0.25, 0.3) is 0 Å². The zero-order valence-electron chi connectivity index (χ0n) is 9.00. The molecular formula is C12H15FO2. The molecule has 0 saturated heterocycles. The molecule has 1 fully saturated rings. The number of ether oxygens (including phenoxy) is 2. The number of rotatable bonds is 4. The second-order valence-corrected chi connectivity index (χ2v) is 4.08. The van der Waals surface area contributed by atoms with Crippen LogP contribution in [-0.2, 0) is 0 Å². The first-order chi connectivity index (χ1) is 7.15. The minimum Gasteiger partial charge on any atom is -0.491 e. The van der Waals surface area contributed by atoms with E-state index in [-0.39, 0.29) is 18.0 Å². The molecule has 1 aliphatic rings. The lowest BCUT2D eigenvalue weighted by molar-refractivity contribution is 0.239. The van der Waals surface area contributed by atoms with Gasteiger partial charge in [0.15, 0.2) is 11.6 Å². The van der Waals surface area contributed by atoms with Gasteiger partial charge in [-0.2, -0.15) is 0 Å². The van der Waals surface area contributed by atoms with E-state index in [1.807, 2.05) is 13.8 Å². The third kappa shape index (κ3) is 2.85. The lowest BCUT2D eigenvalue weighted by Gasteiger charge is -2.11. The summed E-state index contributed by atoms with van der Waals surface area (Å²) in [6.07, 6.45) is 2.34. The zero-order valence-corrected chi connectivity index (χ0v) is 9.00. The fraction of sp³-hybridized carbons (Fsp3) is 0.500. The van der Waals surface area contributed by atoms with Gasteiger partial charge in [0.1, 0.15) is 5.75 Å². The normalized spacial score (nSPS) is 15.5. The highest BCUT2D eigenvalue weighted by atomic mass is 19.1. The second-order valence-electron chi connectivity index (χ2n) is 4.08. The minimum absolute atomic E-state index is 0.0552. The van der Waals surface area contributed by atoms with Gasteiger partial charge in [0, 0.05) is 6.07 Å². The van der Waals surface area contributed by atoms with E-state index >= 15 is 0 Å². The van der Waals surface area contributed by atoms with Gasteiger partial charge in [0.2, 0.25) is 0 Å². The summed E-state index contributed by atoms with van der Waals surface area (Å²) in [5, 5.41) is 0. The number of halogens is 1. The third-order valence-electron chi connectivity index (χ3n) is 2.09. The average Bonchev–Trinajstić information content (AvgIpc) is 2.92. The van der Waals surface area contributed by atoms with E-state index in [0.717, 1.165) is 12.8 Å². The molecule has 2 nitrogen and oxygen atoms in total. The summed E-state index contributed by atoms with van der Waals surface area (Å²) < 4.78 is 24.2. The van der Waals surface area contributed by atoms with Crippen molar-refractivity contribution in [1.29, 1.82) is 0 Å². The summed E-state index contributed by atoms with van der Waals surface area (Å²) in [6, 6.07) is 4.74. The molecule has 1 aromatic carbocycles. The van der Waals surface area contributed by atoms with E-state index < -0.39 is 0 Å². The average molecular weight is 210 g/mol. The molecule has 0 aliphatic heterocycles. The first-order valence-corrected chi connectivity index (χ1v) is 5.28. The molecule has 0 heterocycles. The lowest BCUT2D eigenvalue weighted by atomic mass is 10.3. The Morgan fingerprint density at radius 2 is 2.07 bits per heavy atom. The predicted octanol–water partition coefficient (Wildman–Crippen LogP) is 3.15. The Hall–Kier alpha value is -1.25. The third-order valence-corrected chi connectivity index (χ3v) is 2.09. The molecule has 0 bridgehead atoms. The van der Waals surface area contributed by atoms with E-state index in [1.54, 1.807) is 12.1 Å². The summed E-state index contributed by atoms with van der Waals surface area (Å²) in [4.78, 5) is 0. The molecular weight excluding hydrogens is 195 g/mol. The summed E-state index contributed by atoms with van der Waals surface area (Å²) in [6.45, 7) is 3.82. The zero-order chi connectivity index (χ0) is 10.8. The van der Waals surface area contributed by atoms with Crippen molar-refractivity contribution in [3.63, 3.8) is 0 Å². The molecule has 1 aromatic rings. The molecule has 3 heteroatoms. The van der Waals surface area contributed by atoms with Crippen LogP contribution < -0.4 is 9.47 Å². The first-order valence-electron chi connectivity index (χ1n) is 5.28. The van der Waals surface area contributed by atoms with Crippen LogP contribution >= 0.6 is 0 Å². The van der Waals surface area contributed by atoms with Gasteiger partial charge in [-0.05, 0) is 38.8 Å². The maximum absolute atomic E-state index is 13.5. The van der Waals surface area contributed by atoms with Crippen LogP contribution in [-0.4, -0.2) is 12.2 Å². The van der Waals surface area contributed by atoms with Crippen molar-refractivity contribution >= 4 is 0 Å². The van der Waals surface area contributed by atoms with Crippen LogP contribution in [0.3, 0.4) is 0 Å². The van der Waals surface area contributed by atoms with Gasteiger partial charge in [-0.25, -0.2) is 4.39 Å². The fourth-order valence-electron chi connectivity index (χ4n) is 1.29. The van der Waals surface area contributed by atoms with Gasteiger partial charge >= 0.3 is 0 Å². The van der Waals surface area contributed by atoms with Crippen molar-refractivity contribution in [2.75, 3.05) is 0 Å². The Bertz CT molecular complexity index is 345. The van der Waals surface area contributed by atoms with Crippen molar-refractivity contribution in [2.45, 2.75) is 38.9 Å². The summed E-state index contributed by atoms with van der Waals surface area (Å²) in [7, 11) is 0. The van der Waals surface area contributed by atoms with Crippen molar-refractivity contribution in [3.8, 4) is 11.5 Å². The Kier molecular flexibility index (Phi) is 2.80. The summed E-state index contributed by atoms with van der Waals surface area (Å²) in [5.41, 5.74) is 0. The van der Waals surface area contributed by atoms with Gasteiger partial charge in [0.25, 0.3) is 0 Å². The summed E-state index contributed by atoms with van der Waals surface area (Å²) >= 11 is 0. The van der Waals surface area contributed by atoms with Gasteiger partial charge in [-0.3, -0.25) is 0 Å². The highest BCUT2D eigenvalue weighted by Gasteiger charge is 2.24. The van der Waals surface area contributed by atoms with Crippen molar-refractivity contribution in [1.82, 2.24) is 0 Å². The van der Waals surface area contributed by atoms with Crippen molar-refractivity contribution < 1.29 is 13.9 Å². The highest BCUT2D eigenvalue weighted by Crippen LogP contribution is 2.30. The summed E-state index contributed by atoms with van der Waals surface area (Å²) in [5.74, 6) is 0.527.